The molecule has 0 fully saturated rings. The summed E-state index contributed by atoms with van der Waals surface area (Å²) in [5.41, 5.74) is 0.893. The van der Waals surface area contributed by atoms with Crippen LogP contribution in [0.5, 0.6) is 0 Å². The summed E-state index contributed by atoms with van der Waals surface area (Å²) >= 11 is 1.73. The maximum absolute atomic E-state index is 12.0. The molecule has 0 radical (unpaired) electrons. The lowest BCUT2D eigenvalue weighted by Crippen LogP contribution is -2.26. The molecule has 1 atom stereocenters. The Balaban J connectivity index is 2.62. The molecule has 1 aromatic carbocycles. The van der Waals surface area contributed by atoms with Gasteiger partial charge < -0.3 is 5.32 Å². The molecule has 0 aliphatic carbocycles. The predicted octanol–water partition coefficient (Wildman–Crippen LogP) is 2.15. The van der Waals surface area contributed by atoms with Crippen molar-refractivity contribution in [3.63, 3.8) is 0 Å². The summed E-state index contributed by atoms with van der Waals surface area (Å²) in [6.07, 6.45) is 2.85. The number of hydrogen-bond donors (Lipinski definition) is 2. The quantitative estimate of drug-likeness (QED) is 0.807. The number of anilines is 1. The molecule has 0 saturated carbocycles. The van der Waals surface area contributed by atoms with E-state index in [4.69, 9.17) is 0 Å². The number of rotatable bonds is 7. The summed E-state index contributed by atoms with van der Waals surface area (Å²) in [7, 11) is -1.58. The Hall–Kier alpha value is -0.720. The maximum Gasteiger partial charge on any atom is 0.240 e. The van der Waals surface area contributed by atoms with Crippen LogP contribution >= 0.6 is 11.8 Å². The molecule has 0 amide bonds. The van der Waals surface area contributed by atoms with Crippen LogP contribution in [0.15, 0.2) is 29.2 Å². The van der Waals surface area contributed by atoms with Crippen LogP contribution in [-0.2, 0) is 10.0 Å². The van der Waals surface area contributed by atoms with Gasteiger partial charge in [0, 0.05) is 24.5 Å². The molecule has 0 heterocycles. The van der Waals surface area contributed by atoms with Crippen LogP contribution < -0.4 is 10.0 Å². The molecule has 0 aliphatic rings. The van der Waals surface area contributed by atoms with Gasteiger partial charge in [0.1, 0.15) is 0 Å². The number of sulfonamides is 1. The van der Waals surface area contributed by atoms with Crippen LogP contribution in [0.2, 0.25) is 0 Å². The zero-order chi connectivity index (χ0) is 13.6. The first-order valence-corrected chi connectivity index (χ1v) is 8.57. The summed E-state index contributed by atoms with van der Waals surface area (Å²) in [5.74, 6) is 0. The van der Waals surface area contributed by atoms with E-state index < -0.39 is 10.0 Å². The Morgan fingerprint density at radius 1 is 1.28 bits per heavy atom. The Bertz CT molecular complexity index is 457. The third kappa shape index (κ3) is 4.51. The van der Waals surface area contributed by atoms with Crippen LogP contribution in [0.1, 0.15) is 13.3 Å². The summed E-state index contributed by atoms with van der Waals surface area (Å²) in [6.45, 7) is 2.55. The fourth-order valence-electron chi connectivity index (χ4n) is 1.40. The lowest BCUT2D eigenvalue weighted by molar-refractivity contribution is 0.579. The normalized spacial score (nSPS) is 13.3. The lowest BCUT2D eigenvalue weighted by Gasteiger charge is -2.10. The minimum atomic E-state index is -3.38. The van der Waals surface area contributed by atoms with Crippen molar-refractivity contribution in [2.45, 2.75) is 23.5 Å². The van der Waals surface area contributed by atoms with Gasteiger partial charge in [-0.15, -0.1) is 0 Å². The topological polar surface area (TPSA) is 58.2 Å². The molecular formula is C12H20N2O2S2. The molecule has 102 valence electrons. The van der Waals surface area contributed by atoms with Gasteiger partial charge in [-0.05, 0) is 36.9 Å². The van der Waals surface area contributed by atoms with Crippen LogP contribution in [-0.4, -0.2) is 33.5 Å². The molecule has 4 nitrogen and oxygen atoms in total. The van der Waals surface area contributed by atoms with Crippen LogP contribution in [0.25, 0.3) is 0 Å². The minimum absolute atomic E-state index is 0.304. The van der Waals surface area contributed by atoms with Crippen molar-refractivity contribution in [1.82, 2.24) is 4.72 Å². The highest BCUT2D eigenvalue weighted by atomic mass is 32.2. The van der Waals surface area contributed by atoms with Crippen molar-refractivity contribution >= 4 is 27.5 Å². The van der Waals surface area contributed by atoms with Gasteiger partial charge in [-0.2, -0.15) is 11.8 Å². The first kappa shape index (κ1) is 15.3. The van der Waals surface area contributed by atoms with Crippen molar-refractivity contribution in [3.8, 4) is 0 Å². The van der Waals surface area contributed by atoms with Crippen molar-refractivity contribution in [1.29, 1.82) is 0 Å². The monoisotopic (exact) mass is 288 g/mol. The molecule has 18 heavy (non-hydrogen) atoms. The van der Waals surface area contributed by atoms with Crippen LogP contribution in [0.3, 0.4) is 0 Å². The van der Waals surface area contributed by atoms with Gasteiger partial charge in [-0.3, -0.25) is 0 Å². The third-order valence-electron chi connectivity index (χ3n) is 2.70. The van der Waals surface area contributed by atoms with E-state index >= 15 is 0 Å². The summed E-state index contributed by atoms with van der Waals surface area (Å²) in [4.78, 5) is 0.304. The summed E-state index contributed by atoms with van der Waals surface area (Å²) < 4.78 is 26.5. The summed E-state index contributed by atoms with van der Waals surface area (Å²) in [6, 6.07) is 6.70. The van der Waals surface area contributed by atoms with Gasteiger partial charge in [-0.25, -0.2) is 13.1 Å². The molecule has 0 aliphatic heterocycles. The molecule has 1 rings (SSSR count). The first-order chi connectivity index (χ1) is 8.49. The van der Waals surface area contributed by atoms with E-state index in [0.717, 1.165) is 12.1 Å². The number of benzene rings is 1. The van der Waals surface area contributed by atoms with Gasteiger partial charge >= 0.3 is 0 Å². The van der Waals surface area contributed by atoms with Gasteiger partial charge in [0.15, 0.2) is 0 Å². The van der Waals surface area contributed by atoms with Crippen LogP contribution in [0, 0.1) is 0 Å². The number of nitrogens with one attached hydrogen (secondary N) is 2. The molecule has 0 aromatic heterocycles. The largest absolute Gasteiger partial charge is 0.388 e. The molecule has 1 unspecified atom stereocenters. The van der Waals surface area contributed by atoms with E-state index in [1.807, 2.05) is 6.26 Å². The zero-order valence-electron chi connectivity index (χ0n) is 10.9. The lowest BCUT2D eigenvalue weighted by atomic mass is 10.3. The van der Waals surface area contributed by atoms with Crippen molar-refractivity contribution in [3.05, 3.63) is 24.3 Å². The van der Waals surface area contributed by atoms with E-state index in [9.17, 15) is 8.42 Å². The van der Waals surface area contributed by atoms with E-state index in [1.165, 1.54) is 0 Å². The Morgan fingerprint density at radius 3 is 2.39 bits per heavy atom. The average Bonchev–Trinajstić information content (AvgIpc) is 2.38. The standard InChI is InChI=1S/C12H20N2O2S2/c1-10(17-3)8-9-14-18(15,16)12-6-4-11(13-2)5-7-12/h4-7,10,13-14H,8-9H2,1-3H3. The molecule has 0 saturated heterocycles. The second-order valence-corrected chi connectivity index (χ2v) is 7.05. The first-order valence-electron chi connectivity index (χ1n) is 5.80. The molecule has 6 heteroatoms. The second kappa shape index (κ2) is 7.01. The highest BCUT2D eigenvalue weighted by Gasteiger charge is 2.13. The van der Waals surface area contributed by atoms with Gasteiger partial charge in [0.2, 0.25) is 10.0 Å². The zero-order valence-corrected chi connectivity index (χ0v) is 12.6. The van der Waals surface area contributed by atoms with Crippen molar-refractivity contribution < 1.29 is 8.42 Å². The van der Waals surface area contributed by atoms with Gasteiger partial charge in [-0.1, -0.05) is 6.92 Å². The Labute approximate surface area is 114 Å². The SMILES string of the molecule is CNc1ccc(S(=O)(=O)NCCC(C)SC)cc1. The number of hydrogen-bond acceptors (Lipinski definition) is 4. The second-order valence-electron chi connectivity index (χ2n) is 4.01. The predicted molar refractivity (Wildman–Crippen MR) is 78.8 cm³/mol. The molecular weight excluding hydrogens is 268 g/mol. The van der Waals surface area contributed by atoms with Gasteiger partial charge in [0.05, 0.1) is 4.90 Å². The van der Waals surface area contributed by atoms with Gasteiger partial charge in [0.25, 0.3) is 0 Å². The Morgan fingerprint density at radius 2 is 1.89 bits per heavy atom. The fraction of sp³-hybridized carbons (Fsp3) is 0.500. The molecule has 0 bridgehead atoms. The third-order valence-corrected chi connectivity index (χ3v) is 5.22. The van der Waals surface area contributed by atoms with Crippen molar-refractivity contribution in [2.75, 3.05) is 25.2 Å². The number of thioether (sulfide) groups is 1. The van der Waals surface area contributed by atoms with Crippen LogP contribution in [0.4, 0.5) is 5.69 Å². The average molecular weight is 288 g/mol. The molecule has 1 aromatic rings. The smallest absolute Gasteiger partial charge is 0.240 e. The van der Waals surface area contributed by atoms with E-state index in [0.29, 0.717) is 16.7 Å². The highest BCUT2D eigenvalue weighted by Crippen LogP contribution is 2.14. The van der Waals surface area contributed by atoms with Crippen molar-refractivity contribution in [2.24, 2.45) is 0 Å². The minimum Gasteiger partial charge on any atom is -0.388 e. The Kier molecular flexibility index (Phi) is 5.98. The highest BCUT2D eigenvalue weighted by molar-refractivity contribution is 7.99. The maximum atomic E-state index is 12.0. The molecule has 0 spiro atoms. The molecule has 2 N–H and O–H groups in total. The van der Waals surface area contributed by atoms with E-state index in [-0.39, 0.29) is 0 Å². The van der Waals surface area contributed by atoms with E-state index in [2.05, 4.69) is 17.0 Å². The van der Waals surface area contributed by atoms with E-state index in [1.54, 1.807) is 43.1 Å². The summed E-state index contributed by atoms with van der Waals surface area (Å²) in [5, 5.41) is 3.41. The fourth-order valence-corrected chi connectivity index (χ4v) is 2.80.